The van der Waals surface area contributed by atoms with E-state index in [1.54, 1.807) is 21.3 Å². The maximum atomic E-state index is 11.9. The van der Waals surface area contributed by atoms with Crippen LogP contribution in [0.5, 0.6) is 11.5 Å². The molecule has 1 aromatic heterocycles. The Balaban J connectivity index is 0.00000420. The Bertz CT molecular complexity index is 784. The number of methoxy groups -OCH3 is 2. The van der Waals surface area contributed by atoms with Gasteiger partial charge in [-0.2, -0.15) is 0 Å². The number of aliphatic imine (C=N–C) groups is 1. The predicted octanol–water partition coefficient (Wildman–Crippen LogP) is 3.21. The number of halogens is 1. The van der Waals surface area contributed by atoms with Crippen LogP contribution in [0.2, 0.25) is 0 Å². The SMILES string of the molecule is CN=C(NCCCNC(=O)c1cccs1)N(C)Cc1ccc(OC)cc1OC.I. The standard InChI is InChI=1S/C20H28N4O3S.HI/c1-21-20(23-11-6-10-22-19(25)18-7-5-12-28-18)24(2)14-15-8-9-16(26-3)13-17(15)27-4;/h5,7-9,12-13H,6,10-11,14H2,1-4H3,(H,21,23)(H,22,25);1H. The van der Waals surface area contributed by atoms with Gasteiger partial charge in [0.25, 0.3) is 5.91 Å². The number of hydrogen-bond donors (Lipinski definition) is 2. The fourth-order valence-corrected chi connectivity index (χ4v) is 3.32. The second-order valence-electron chi connectivity index (χ2n) is 6.09. The van der Waals surface area contributed by atoms with Crippen LogP contribution >= 0.6 is 35.3 Å². The van der Waals surface area contributed by atoms with Gasteiger partial charge in [-0.3, -0.25) is 9.79 Å². The van der Waals surface area contributed by atoms with Gasteiger partial charge in [-0.1, -0.05) is 6.07 Å². The van der Waals surface area contributed by atoms with E-state index in [-0.39, 0.29) is 29.9 Å². The maximum absolute atomic E-state index is 11.9. The van der Waals surface area contributed by atoms with Crippen LogP contribution in [0.15, 0.2) is 40.7 Å². The molecule has 0 fully saturated rings. The molecule has 0 spiro atoms. The number of nitrogens with zero attached hydrogens (tertiary/aromatic N) is 2. The molecule has 0 aliphatic heterocycles. The van der Waals surface area contributed by atoms with E-state index in [2.05, 4.69) is 15.6 Å². The summed E-state index contributed by atoms with van der Waals surface area (Å²) in [5, 5.41) is 8.14. The van der Waals surface area contributed by atoms with Gasteiger partial charge in [0.2, 0.25) is 0 Å². The van der Waals surface area contributed by atoms with Crippen LogP contribution in [-0.4, -0.2) is 58.2 Å². The number of benzene rings is 1. The molecule has 2 N–H and O–H groups in total. The number of carbonyl (C=O) groups is 1. The summed E-state index contributed by atoms with van der Waals surface area (Å²) >= 11 is 1.44. The Morgan fingerprint density at radius 3 is 2.55 bits per heavy atom. The molecule has 0 aliphatic rings. The highest BCUT2D eigenvalue weighted by atomic mass is 127. The molecule has 1 amide bonds. The normalized spacial score (nSPS) is 10.7. The molecule has 0 bridgehead atoms. The molecule has 2 rings (SSSR count). The van der Waals surface area contributed by atoms with Gasteiger partial charge in [-0.25, -0.2) is 0 Å². The summed E-state index contributed by atoms with van der Waals surface area (Å²) in [5.74, 6) is 2.29. The molecule has 160 valence electrons. The molecule has 1 heterocycles. The smallest absolute Gasteiger partial charge is 0.261 e. The molecule has 0 aliphatic carbocycles. The van der Waals surface area contributed by atoms with Crippen molar-refractivity contribution in [1.29, 1.82) is 0 Å². The quantitative estimate of drug-likeness (QED) is 0.225. The van der Waals surface area contributed by atoms with E-state index >= 15 is 0 Å². The number of amides is 1. The first-order chi connectivity index (χ1) is 13.6. The first kappa shape index (κ1) is 25.0. The third-order valence-electron chi connectivity index (χ3n) is 4.14. The van der Waals surface area contributed by atoms with Crippen molar-refractivity contribution >= 4 is 47.2 Å². The molecule has 0 radical (unpaired) electrons. The summed E-state index contributed by atoms with van der Waals surface area (Å²) < 4.78 is 10.7. The van der Waals surface area contributed by atoms with Gasteiger partial charge >= 0.3 is 0 Å². The van der Waals surface area contributed by atoms with E-state index in [9.17, 15) is 4.79 Å². The zero-order chi connectivity index (χ0) is 20.4. The minimum Gasteiger partial charge on any atom is -0.497 e. The lowest BCUT2D eigenvalue weighted by molar-refractivity contribution is 0.0957. The minimum atomic E-state index is -0.0249. The largest absolute Gasteiger partial charge is 0.497 e. The van der Waals surface area contributed by atoms with Crippen LogP contribution in [0.1, 0.15) is 21.7 Å². The van der Waals surface area contributed by atoms with Crippen molar-refractivity contribution in [2.24, 2.45) is 4.99 Å². The first-order valence-electron chi connectivity index (χ1n) is 9.03. The van der Waals surface area contributed by atoms with Crippen molar-refractivity contribution in [3.8, 4) is 11.5 Å². The van der Waals surface area contributed by atoms with Gasteiger partial charge in [0.05, 0.1) is 19.1 Å². The Morgan fingerprint density at radius 2 is 1.93 bits per heavy atom. The summed E-state index contributed by atoms with van der Waals surface area (Å²) in [4.78, 5) is 19.0. The number of thiophene rings is 1. The summed E-state index contributed by atoms with van der Waals surface area (Å²) in [7, 11) is 7.01. The number of rotatable bonds is 9. The number of guanidine groups is 1. The monoisotopic (exact) mass is 532 g/mol. The van der Waals surface area contributed by atoms with Crippen molar-refractivity contribution in [3.63, 3.8) is 0 Å². The number of ether oxygens (including phenoxy) is 2. The Kier molecular flexibility index (Phi) is 11.4. The molecule has 0 saturated heterocycles. The van der Waals surface area contributed by atoms with Crippen LogP contribution in [-0.2, 0) is 6.54 Å². The summed E-state index contributed by atoms with van der Waals surface area (Å²) in [6.07, 6.45) is 0.801. The lowest BCUT2D eigenvalue weighted by atomic mass is 10.2. The summed E-state index contributed by atoms with van der Waals surface area (Å²) in [6.45, 7) is 1.96. The van der Waals surface area contributed by atoms with Crippen LogP contribution in [0.4, 0.5) is 0 Å². The third-order valence-corrected chi connectivity index (χ3v) is 5.01. The van der Waals surface area contributed by atoms with Gasteiger partial charge in [-0.15, -0.1) is 35.3 Å². The predicted molar refractivity (Wildman–Crippen MR) is 129 cm³/mol. The van der Waals surface area contributed by atoms with Gasteiger partial charge in [0.15, 0.2) is 5.96 Å². The highest BCUT2D eigenvalue weighted by Gasteiger charge is 2.11. The van der Waals surface area contributed by atoms with E-state index in [0.29, 0.717) is 19.6 Å². The lowest BCUT2D eigenvalue weighted by Gasteiger charge is -2.23. The van der Waals surface area contributed by atoms with Gasteiger partial charge in [0, 0.05) is 45.4 Å². The average Bonchev–Trinajstić information content (AvgIpc) is 3.25. The lowest BCUT2D eigenvalue weighted by Crippen LogP contribution is -2.39. The molecular formula is C20H29IN4O3S. The molecule has 9 heteroatoms. The zero-order valence-electron chi connectivity index (χ0n) is 17.2. The minimum absolute atomic E-state index is 0. The second-order valence-corrected chi connectivity index (χ2v) is 7.04. The third kappa shape index (κ3) is 7.73. The van der Waals surface area contributed by atoms with Crippen molar-refractivity contribution in [2.75, 3.05) is 41.4 Å². The molecule has 0 atom stereocenters. The van der Waals surface area contributed by atoms with E-state index in [1.807, 2.05) is 47.7 Å². The van der Waals surface area contributed by atoms with Crippen molar-refractivity contribution in [3.05, 3.63) is 46.2 Å². The van der Waals surface area contributed by atoms with Crippen molar-refractivity contribution < 1.29 is 14.3 Å². The molecule has 0 saturated carbocycles. The molecule has 29 heavy (non-hydrogen) atoms. The van der Waals surface area contributed by atoms with Crippen LogP contribution in [0, 0.1) is 0 Å². The topological polar surface area (TPSA) is 75.2 Å². The summed E-state index contributed by atoms with van der Waals surface area (Å²) in [6, 6.07) is 9.47. The van der Waals surface area contributed by atoms with E-state index in [4.69, 9.17) is 9.47 Å². The molecule has 2 aromatic rings. The molecule has 7 nitrogen and oxygen atoms in total. The highest BCUT2D eigenvalue weighted by Crippen LogP contribution is 2.25. The Morgan fingerprint density at radius 1 is 1.17 bits per heavy atom. The van der Waals surface area contributed by atoms with Crippen LogP contribution in [0.25, 0.3) is 0 Å². The van der Waals surface area contributed by atoms with Gasteiger partial charge in [-0.05, 0) is 30.0 Å². The fourth-order valence-electron chi connectivity index (χ4n) is 2.68. The Hall–Kier alpha value is -2.01. The van der Waals surface area contributed by atoms with Crippen molar-refractivity contribution in [2.45, 2.75) is 13.0 Å². The van der Waals surface area contributed by atoms with E-state index in [0.717, 1.165) is 34.3 Å². The fraction of sp³-hybridized carbons (Fsp3) is 0.400. The number of carbonyl (C=O) groups excluding carboxylic acids is 1. The molecular weight excluding hydrogens is 503 g/mol. The molecule has 1 aromatic carbocycles. The maximum Gasteiger partial charge on any atom is 0.261 e. The van der Waals surface area contributed by atoms with E-state index in [1.165, 1.54) is 11.3 Å². The highest BCUT2D eigenvalue weighted by molar-refractivity contribution is 14.0. The second kappa shape index (κ2) is 13.3. The number of nitrogens with one attached hydrogen (secondary N) is 2. The number of hydrogen-bond acceptors (Lipinski definition) is 5. The van der Waals surface area contributed by atoms with E-state index < -0.39 is 0 Å². The zero-order valence-corrected chi connectivity index (χ0v) is 20.4. The summed E-state index contributed by atoms with van der Waals surface area (Å²) in [5.41, 5.74) is 1.04. The van der Waals surface area contributed by atoms with Crippen molar-refractivity contribution in [1.82, 2.24) is 15.5 Å². The first-order valence-corrected chi connectivity index (χ1v) is 9.91. The van der Waals surface area contributed by atoms with Crippen LogP contribution in [0.3, 0.4) is 0 Å². The van der Waals surface area contributed by atoms with Gasteiger partial charge < -0.3 is 25.0 Å². The molecule has 0 unspecified atom stereocenters. The average molecular weight is 532 g/mol. The Labute approximate surface area is 193 Å². The van der Waals surface area contributed by atoms with Crippen LogP contribution < -0.4 is 20.1 Å². The van der Waals surface area contributed by atoms with Gasteiger partial charge in [0.1, 0.15) is 11.5 Å².